The van der Waals surface area contributed by atoms with E-state index in [1.54, 1.807) is 30.4 Å². The lowest BCUT2D eigenvalue weighted by molar-refractivity contribution is -0.0542. The predicted octanol–water partition coefficient (Wildman–Crippen LogP) is 2.77. The quantitative estimate of drug-likeness (QED) is 0.480. The highest BCUT2D eigenvalue weighted by molar-refractivity contribution is 5.94. The summed E-state index contributed by atoms with van der Waals surface area (Å²) < 4.78 is 9.03. The van der Waals surface area contributed by atoms with E-state index in [9.17, 15) is 10.4 Å². The van der Waals surface area contributed by atoms with Crippen molar-refractivity contribution in [3.8, 4) is 28.6 Å². The molecule has 4 heterocycles. The van der Waals surface area contributed by atoms with Crippen molar-refractivity contribution in [2.24, 2.45) is 0 Å². The van der Waals surface area contributed by atoms with Gasteiger partial charge >= 0.3 is 0 Å². The number of nitriles is 1. The molecule has 9 nitrogen and oxygen atoms in total. The number of aliphatic hydroxyl groups excluding tert-OH is 1. The van der Waals surface area contributed by atoms with Crippen LogP contribution in [0.5, 0.6) is 0 Å². The van der Waals surface area contributed by atoms with Gasteiger partial charge < -0.3 is 9.84 Å². The molecule has 5 rings (SSSR count). The van der Waals surface area contributed by atoms with Crippen LogP contribution in [-0.2, 0) is 16.8 Å². The second-order valence-corrected chi connectivity index (χ2v) is 8.14. The minimum Gasteiger partial charge on any atom is -0.394 e. The fourth-order valence-electron chi connectivity index (χ4n) is 4.38. The number of methoxy groups -OCH3 is 1. The van der Waals surface area contributed by atoms with E-state index < -0.39 is 0 Å². The molecule has 1 N–H and O–H groups in total. The third-order valence-corrected chi connectivity index (χ3v) is 6.16. The summed E-state index contributed by atoms with van der Waals surface area (Å²) >= 11 is 0. The molecule has 32 heavy (non-hydrogen) atoms. The van der Waals surface area contributed by atoms with Crippen molar-refractivity contribution in [3.63, 3.8) is 0 Å². The normalized spacial score (nSPS) is 20.2. The van der Waals surface area contributed by atoms with Crippen LogP contribution in [0.3, 0.4) is 0 Å². The zero-order chi connectivity index (χ0) is 22.1. The first-order chi connectivity index (χ1) is 15.7. The standard InChI is InChI=1S/C23H23N7O2/c1-32-18-10-23(11-18,4-5-24)30-15-17(13-27-30)22-19-3-2-6-25-21(19)9-20(28-22)16-12-26-29(14-16)7-8-31/h2-3,6,9,12-15,18,31H,4,7-8,10-11H2,1H3. The van der Waals surface area contributed by atoms with Crippen LogP contribution in [0, 0.1) is 11.3 Å². The molecule has 0 atom stereocenters. The molecule has 162 valence electrons. The Morgan fingerprint density at radius 2 is 2.09 bits per heavy atom. The van der Waals surface area contributed by atoms with Gasteiger partial charge in [-0.2, -0.15) is 15.5 Å². The minimum atomic E-state index is -0.342. The molecular weight excluding hydrogens is 406 g/mol. The average molecular weight is 429 g/mol. The van der Waals surface area contributed by atoms with E-state index in [-0.39, 0.29) is 18.2 Å². The van der Waals surface area contributed by atoms with Gasteiger partial charge in [-0.15, -0.1) is 0 Å². The van der Waals surface area contributed by atoms with Gasteiger partial charge in [0, 0.05) is 42.2 Å². The first-order valence-corrected chi connectivity index (χ1v) is 10.5. The van der Waals surface area contributed by atoms with Gasteiger partial charge in [0.15, 0.2) is 0 Å². The van der Waals surface area contributed by atoms with E-state index in [2.05, 4.69) is 21.3 Å². The molecule has 0 radical (unpaired) electrons. The highest BCUT2D eigenvalue weighted by Crippen LogP contribution is 2.44. The Morgan fingerprint density at radius 3 is 2.88 bits per heavy atom. The second kappa shape index (κ2) is 8.15. The second-order valence-electron chi connectivity index (χ2n) is 8.14. The van der Waals surface area contributed by atoms with Crippen LogP contribution in [0.4, 0.5) is 0 Å². The van der Waals surface area contributed by atoms with E-state index in [4.69, 9.17) is 9.72 Å². The summed E-state index contributed by atoms with van der Waals surface area (Å²) in [7, 11) is 1.70. The molecule has 0 amide bonds. The maximum absolute atomic E-state index is 9.38. The Kier molecular flexibility index (Phi) is 5.17. The fourth-order valence-corrected chi connectivity index (χ4v) is 4.38. The van der Waals surface area contributed by atoms with Crippen molar-refractivity contribution in [1.29, 1.82) is 5.26 Å². The molecular formula is C23H23N7O2. The molecule has 1 aliphatic rings. The summed E-state index contributed by atoms with van der Waals surface area (Å²) in [5, 5.41) is 28.4. The Labute approximate surface area is 184 Å². The van der Waals surface area contributed by atoms with Gasteiger partial charge in [-0.1, -0.05) is 0 Å². The number of ether oxygens (including phenoxy) is 1. The minimum absolute atomic E-state index is 0.0205. The predicted molar refractivity (Wildman–Crippen MR) is 117 cm³/mol. The summed E-state index contributed by atoms with van der Waals surface area (Å²) in [4.78, 5) is 9.47. The van der Waals surface area contributed by atoms with Crippen molar-refractivity contribution in [3.05, 3.63) is 49.2 Å². The van der Waals surface area contributed by atoms with Crippen LogP contribution in [0.2, 0.25) is 0 Å². The van der Waals surface area contributed by atoms with Gasteiger partial charge in [-0.25, -0.2) is 4.98 Å². The third kappa shape index (κ3) is 3.43. The molecule has 0 aromatic carbocycles. The number of aliphatic hydroxyl groups is 1. The van der Waals surface area contributed by atoms with Crippen LogP contribution in [-0.4, -0.2) is 54.5 Å². The van der Waals surface area contributed by atoms with Crippen molar-refractivity contribution in [2.75, 3.05) is 13.7 Å². The van der Waals surface area contributed by atoms with Crippen LogP contribution in [0.25, 0.3) is 33.4 Å². The molecule has 0 bridgehead atoms. The molecule has 4 aromatic rings. The van der Waals surface area contributed by atoms with E-state index in [1.165, 1.54) is 0 Å². The van der Waals surface area contributed by atoms with Gasteiger partial charge in [-0.3, -0.25) is 14.3 Å². The summed E-state index contributed by atoms with van der Waals surface area (Å²) in [6.07, 6.45) is 11.2. The Bertz CT molecular complexity index is 1300. The van der Waals surface area contributed by atoms with Gasteiger partial charge in [0.2, 0.25) is 0 Å². The van der Waals surface area contributed by atoms with Crippen molar-refractivity contribution >= 4 is 10.9 Å². The summed E-state index contributed by atoms with van der Waals surface area (Å²) in [6.45, 7) is 0.446. The van der Waals surface area contributed by atoms with Crippen molar-refractivity contribution in [2.45, 2.75) is 37.5 Å². The Hall–Kier alpha value is -3.61. The monoisotopic (exact) mass is 429 g/mol. The Balaban J connectivity index is 1.58. The lowest BCUT2D eigenvalue weighted by atomic mass is 9.72. The first-order valence-electron chi connectivity index (χ1n) is 10.5. The summed E-state index contributed by atoms with van der Waals surface area (Å²) in [6, 6.07) is 8.14. The van der Waals surface area contributed by atoms with Gasteiger partial charge in [-0.05, 0) is 31.0 Å². The third-order valence-electron chi connectivity index (χ3n) is 6.16. The molecule has 1 saturated carbocycles. The Morgan fingerprint density at radius 1 is 1.25 bits per heavy atom. The number of fused-ring (bicyclic) bond motifs is 1. The molecule has 9 heteroatoms. The lowest BCUT2D eigenvalue weighted by Crippen LogP contribution is -2.50. The summed E-state index contributed by atoms with van der Waals surface area (Å²) in [5.41, 5.74) is 3.72. The van der Waals surface area contributed by atoms with Crippen LogP contribution in [0.15, 0.2) is 49.2 Å². The number of nitrogens with zero attached hydrogens (tertiary/aromatic N) is 7. The molecule has 4 aromatic heterocycles. The van der Waals surface area contributed by atoms with Gasteiger partial charge in [0.1, 0.15) is 0 Å². The van der Waals surface area contributed by atoms with E-state index in [0.29, 0.717) is 13.0 Å². The number of hydrogen-bond acceptors (Lipinski definition) is 7. The zero-order valence-electron chi connectivity index (χ0n) is 17.7. The lowest BCUT2D eigenvalue weighted by Gasteiger charge is -2.45. The number of aromatic nitrogens is 6. The van der Waals surface area contributed by atoms with Crippen LogP contribution >= 0.6 is 0 Å². The first kappa shape index (κ1) is 20.3. The maximum Gasteiger partial charge on any atom is 0.0835 e. The van der Waals surface area contributed by atoms with E-state index in [0.717, 1.165) is 46.3 Å². The highest BCUT2D eigenvalue weighted by Gasteiger charge is 2.47. The molecule has 0 saturated heterocycles. The molecule has 1 fully saturated rings. The maximum atomic E-state index is 9.38. The molecule has 0 unspecified atom stereocenters. The number of rotatable bonds is 7. The molecule has 1 aliphatic carbocycles. The highest BCUT2D eigenvalue weighted by atomic mass is 16.5. The molecule has 0 spiro atoms. The number of hydrogen-bond donors (Lipinski definition) is 1. The summed E-state index contributed by atoms with van der Waals surface area (Å²) in [5.74, 6) is 0. The fraction of sp³-hybridized carbons (Fsp3) is 0.348. The van der Waals surface area contributed by atoms with Gasteiger partial charge in [0.05, 0.1) is 66.6 Å². The van der Waals surface area contributed by atoms with E-state index >= 15 is 0 Å². The smallest absolute Gasteiger partial charge is 0.0835 e. The van der Waals surface area contributed by atoms with Gasteiger partial charge in [0.25, 0.3) is 0 Å². The average Bonchev–Trinajstić information content (AvgIpc) is 3.46. The topological polar surface area (TPSA) is 115 Å². The van der Waals surface area contributed by atoms with Crippen molar-refractivity contribution in [1.82, 2.24) is 29.5 Å². The largest absolute Gasteiger partial charge is 0.394 e. The van der Waals surface area contributed by atoms with Crippen LogP contribution < -0.4 is 0 Å². The molecule has 0 aliphatic heterocycles. The van der Waals surface area contributed by atoms with Crippen LogP contribution in [0.1, 0.15) is 19.3 Å². The number of pyridine rings is 2. The SMILES string of the molecule is COC1CC(CC#N)(n2cc(-c3nc(-c4cnn(CCO)c4)cc4ncccc34)cn2)C1. The van der Waals surface area contributed by atoms with Crippen molar-refractivity contribution < 1.29 is 9.84 Å². The van der Waals surface area contributed by atoms with E-state index in [1.807, 2.05) is 35.3 Å². The zero-order valence-corrected chi connectivity index (χ0v) is 17.7.